The third-order valence-corrected chi connectivity index (χ3v) is 4.90. The quantitative estimate of drug-likeness (QED) is 0.741. The van der Waals surface area contributed by atoms with E-state index in [4.69, 9.17) is 0 Å². The number of halogens is 2. The van der Waals surface area contributed by atoms with Crippen LogP contribution in [0.5, 0.6) is 0 Å². The van der Waals surface area contributed by atoms with Crippen molar-refractivity contribution in [2.75, 3.05) is 5.32 Å². The fraction of sp³-hybridized carbons (Fsp3) is 0.200. The lowest BCUT2D eigenvalue weighted by Gasteiger charge is -2.05. The van der Waals surface area contributed by atoms with Crippen molar-refractivity contribution < 1.29 is 22.0 Å². The highest BCUT2D eigenvalue weighted by molar-refractivity contribution is 7.91. The molecule has 2 heterocycles. The maximum atomic E-state index is 12.5. The second-order valence-electron chi connectivity index (χ2n) is 5.47. The summed E-state index contributed by atoms with van der Waals surface area (Å²) in [5, 5.41) is 6.54. The van der Waals surface area contributed by atoms with Crippen molar-refractivity contribution in [3.63, 3.8) is 0 Å². The Hall–Kier alpha value is -2.95. The second-order valence-corrected chi connectivity index (χ2v) is 7.39. The highest BCUT2D eigenvalue weighted by Gasteiger charge is 2.26. The zero-order chi connectivity index (χ0) is 19.1. The molecule has 0 radical (unpaired) electrons. The van der Waals surface area contributed by atoms with Crippen LogP contribution in [0.3, 0.4) is 0 Å². The number of alkyl halides is 2. The number of amides is 1. The predicted octanol–water partition coefficient (Wildman–Crippen LogP) is 1.99. The Labute approximate surface area is 146 Å². The van der Waals surface area contributed by atoms with Crippen molar-refractivity contribution in [2.24, 2.45) is 0 Å². The van der Waals surface area contributed by atoms with E-state index in [1.165, 1.54) is 16.6 Å². The maximum absolute atomic E-state index is 12.5. The number of aromatic nitrogens is 4. The van der Waals surface area contributed by atoms with Crippen molar-refractivity contribution >= 4 is 27.2 Å². The van der Waals surface area contributed by atoms with Gasteiger partial charge in [-0.25, -0.2) is 17.9 Å². The molecular formula is C15H13F2N5O3S. The van der Waals surface area contributed by atoms with Crippen LogP contribution in [0.25, 0.3) is 5.78 Å². The van der Waals surface area contributed by atoms with E-state index < -0.39 is 26.4 Å². The van der Waals surface area contributed by atoms with Gasteiger partial charge in [-0.05, 0) is 44.2 Å². The van der Waals surface area contributed by atoms with E-state index in [2.05, 4.69) is 20.4 Å². The zero-order valence-electron chi connectivity index (χ0n) is 13.6. The first-order valence-electron chi connectivity index (χ1n) is 7.33. The number of anilines is 1. The fourth-order valence-corrected chi connectivity index (χ4v) is 3.00. The summed E-state index contributed by atoms with van der Waals surface area (Å²) in [7, 11) is -4.68. The molecule has 26 heavy (non-hydrogen) atoms. The average molecular weight is 381 g/mol. The maximum Gasteiger partial charge on any atom is 0.341 e. The first-order chi connectivity index (χ1) is 12.2. The van der Waals surface area contributed by atoms with Crippen molar-refractivity contribution in [1.82, 2.24) is 19.6 Å². The van der Waals surface area contributed by atoms with Crippen LogP contribution in [-0.2, 0) is 9.84 Å². The number of rotatable bonds is 4. The van der Waals surface area contributed by atoms with E-state index in [1.54, 1.807) is 19.9 Å². The monoisotopic (exact) mass is 381 g/mol. The molecule has 0 aliphatic carbocycles. The molecule has 3 aromatic rings. The highest BCUT2D eigenvalue weighted by Crippen LogP contribution is 2.20. The molecule has 8 nitrogen and oxygen atoms in total. The molecule has 0 saturated carbocycles. The van der Waals surface area contributed by atoms with E-state index >= 15 is 0 Å². The minimum absolute atomic E-state index is 0.129. The average Bonchev–Trinajstić information content (AvgIpc) is 2.99. The number of aryl methyl sites for hydroxylation is 2. The van der Waals surface area contributed by atoms with E-state index in [9.17, 15) is 22.0 Å². The molecule has 0 unspecified atom stereocenters. The van der Waals surface area contributed by atoms with Gasteiger partial charge in [0.1, 0.15) is 0 Å². The van der Waals surface area contributed by atoms with E-state index in [1.807, 2.05) is 0 Å². The van der Waals surface area contributed by atoms with Gasteiger partial charge in [0, 0.05) is 17.1 Å². The van der Waals surface area contributed by atoms with Crippen LogP contribution < -0.4 is 5.32 Å². The summed E-state index contributed by atoms with van der Waals surface area (Å²) in [5.41, 5.74) is 1.69. The summed E-state index contributed by atoms with van der Waals surface area (Å²) in [6.07, 6.45) is 0. The number of nitrogens with one attached hydrogen (secondary N) is 1. The summed E-state index contributed by atoms with van der Waals surface area (Å²) >= 11 is 0. The highest BCUT2D eigenvalue weighted by atomic mass is 32.2. The van der Waals surface area contributed by atoms with Gasteiger partial charge in [0.25, 0.3) is 11.7 Å². The molecule has 2 aromatic heterocycles. The van der Waals surface area contributed by atoms with Crippen LogP contribution in [-0.4, -0.2) is 39.7 Å². The van der Waals surface area contributed by atoms with Crippen LogP contribution in [0, 0.1) is 13.8 Å². The van der Waals surface area contributed by atoms with Gasteiger partial charge in [0.05, 0.1) is 4.90 Å². The molecule has 0 bridgehead atoms. The Morgan fingerprint density at radius 2 is 1.81 bits per heavy atom. The molecule has 11 heteroatoms. The number of sulfone groups is 1. The number of hydrogen-bond donors (Lipinski definition) is 1. The second kappa shape index (κ2) is 6.41. The van der Waals surface area contributed by atoms with Crippen molar-refractivity contribution in [3.05, 3.63) is 47.5 Å². The van der Waals surface area contributed by atoms with Crippen LogP contribution >= 0.6 is 0 Å². The van der Waals surface area contributed by atoms with E-state index in [0.29, 0.717) is 0 Å². The minimum atomic E-state index is -4.68. The Balaban J connectivity index is 1.83. The SMILES string of the molecule is Cc1cc(C)n2nc(C(=O)Nc3ccc(S(=O)(=O)C(F)F)cc3)nc2n1. The van der Waals surface area contributed by atoms with Crippen LogP contribution in [0.2, 0.25) is 0 Å². The lowest BCUT2D eigenvalue weighted by Crippen LogP contribution is -2.15. The van der Waals surface area contributed by atoms with Crippen molar-refractivity contribution in [3.8, 4) is 0 Å². The smallest absolute Gasteiger partial charge is 0.319 e. The molecular weight excluding hydrogens is 368 g/mol. The Bertz CT molecular complexity index is 1090. The number of fused-ring (bicyclic) bond motifs is 1. The molecule has 136 valence electrons. The summed E-state index contributed by atoms with van der Waals surface area (Å²) < 4.78 is 49.2. The van der Waals surface area contributed by atoms with Crippen LogP contribution in [0.4, 0.5) is 14.5 Å². The summed E-state index contributed by atoms with van der Waals surface area (Å²) in [6, 6.07) is 6.17. The fourth-order valence-electron chi connectivity index (χ4n) is 2.28. The predicted molar refractivity (Wildman–Crippen MR) is 87.8 cm³/mol. The molecule has 0 aliphatic heterocycles. The van der Waals surface area contributed by atoms with Crippen molar-refractivity contribution in [1.29, 1.82) is 0 Å². The molecule has 0 spiro atoms. The molecule has 1 aromatic carbocycles. The molecule has 0 atom stereocenters. The number of carbonyl (C=O) groups excluding carboxylic acids is 1. The Kier molecular flexibility index (Phi) is 4.40. The van der Waals surface area contributed by atoms with Gasteiger partial charge >= 0.3 is 5.76 Å². The standard InChI is InChI=1S/C15H13F2N5O3S/c1-8-7-9(2)22-15(18-8)20-12(21-22)13(23)19-10-3-5-11(6-4-10)26(24,25)14(16)17/h3-7,14H,1-2H3,(H,19,23). The van der Waals surface area contributed by atoms with Gasteiger partial charge in [0.15, 0.2) is 0 Å². The molecule has 1 amide bonds. The summed E-state index contributed by atoms with van der Waals surface area (Å²) in [6.45, 7) is 3.58. The largest absolute Gasteiger partial charge is 0.341 e. The molecule has 3 rings (SSSR count). The van der Waals surface area contributed by atoms with E-state index in [-0.39, 0.29) is 17.3 Å². The first-order valence-corrected chi connectivity index (χ1v) is 8.87. The lowest BCUT2D eigenvalue weighted by atomic mass is 10.3. The van der Waals surface area contributed by atoms with E-state index in [0.717, 1.165) is 23.5 Å². The van der Waals surface area contributed by atoms with Gasteiger partial charge < -0.3 is 5.32 Å². The Morgan fingerprint density at radius 1 is 1.15 bits per heavy atom. The van der Waals surface area contributed by atoms with Gasteiger partial charge in [-0.2, -0.15) is 13.8 Å². The molecule has 0 fully saturated rings. The minimum Gasteiger partial charge on any atom is -0.319 e. The zero-order valence-corrected chi connectivity index (χ0v) is 14.5. The molecule has 1 N–H and O–H groups in total. The van der Waals surface area contributed by atoms with Crippen molar-refractivity contribution in [2.45, 2.75) is 24.5 Å². The summed E-state index contributed by atoms with van der Waals surface area (Å²) in [4.78, 5) is 19.9. The Morgan fingerprint density at radius 3 is 2.42 bits per heavy atom. The van der Waals surface area contributed by atoms with Gasteiger partial charge in [-0.1, -0.05) is 0 Å². The third-order valence-electron chi connectivity index (χ3n) is 3.50. The molecule has 0 saturated heterocycles. The summed E-state index contributed by atoms with van der Waals surface area (Å²) in [5.74, 6) is -4.01. The number of nitrogens with zero attached hydrogens (tertiary/aromatic N) is 4. The number of benzene rings is 1. The lowest BCUT2D eigenvalue weighted by molar-refractivity contribution is 0.101. The normalized spacial score (nSPS) is 11.9. The number of hydrogen-bond acceptors (Lipinski definition) is 6. The van der Waals surface area contributed by atoms with Gasteiger partial charge in [-0.3, -0.25) is 4.79 Å². The topological polar surface area (TPSA) is 106 Å². The van der Waals surface area contributed by atoms with Gasteiger partial charge in [0.2, 0.25) is 15.7 Å². The number of carbonyl (C=O) groups is 1. The molecule has 0 aliphatic rings. The first kappa shape index (κ1) is 17.9. The van der Waals surface area contributed by atoms with Crippen LogP contribution in [0.15, 0.2) is 35.2 Å². The van der Waals surface area contributed by atoms with Gasteiger partial charge in [-0.15, -0.1) is 5.10 Å². The van der Waals surface area contributed by atoms with Crippen LogP contribution in [0.1, 0.15) is 22.0 Å². The third kappa shape index (κ3) is 3.25.